The average Bonchev–Trinajstić information content (AvgIpc) is 3.11. The molecule has 0 aliphatic heterocycles. The van der Waals surface area contributed by atoms with E-state index in [0.29, 0.717) is 12.2 Å². The Kier molecular flexibility index (Phi) is 3.57. The molecule has 126 valence electrons. The molecule has 5 nitrogen and oxygen atoms in total. The number of hydrogen-bond acceptors (Lipinski definition) is 2. The summed E-state index contributed by atoms with van der Waals surface area (Å²) < 4.78 is 4.13. The van der Waals surface area contributed by atoms with E-state index in [1.807, 2.05) is 62.1 Å². The zero-order valence-corrected chi connectivity index (χ0v) is 14.6. The van der Waals surface area contributed by atoms with Gasteiger partial charge in [-0.05, 0) is 24.3 Å². The van der Waals surface area contributed by atoms with Crippen LogP contribution in [-0.2, 0) is 20.6 Å². The highest BCUT2D eigenvalue weighted by Gasteiger charge is 2.21. The zero-order valence-electron chi connectivity index (χ0n) is 14.6. The second kappa shape index (κ2) is 5.77. The number of amides is 1. The van der Waals surface area contributed by atoms with Gasteiger partial charge < -0.3 is 14.0 Å². The van der Waals surface area contributed by atoms with Crippen molar-refractivity contribution in [3.8, 4) is 0 Å². The van der Waals surface area contributed by atoms with Gasteiger partial charge in [0.15, 0.2) is 0 Å². The summed E-state index contributed by atoms with van der Waals surface area (Å²) in [5.74, 6) is -0.00608. The fraction of sp³-hybridized carbons (Fsp3) is 0.200. The molecule has 5 heteroatoms. The minimum absolute atomic E-state index is 0.00608. The first-order valence-electron chi connectivity index (χ1n) is 8.26. The van der Waals surface area contributed by atoms with Crippen molar-refractivity contribution >= 4 is 27.8 Å². The molecule has 0 aliphatic rings. The molecule has 0 bridgehead atoms. The van der Waals surface area contributed by atoms with Crippen LogP contribution in [0.1, 0.15) is 16.2 Å². The zero-order chi connectivity index (χ0) is 17.6. The van der Waals surface area contributed by atoms with Crippen molar-refractivity contribution in [1.82, 2.24) is 19.0 Å². The summed E-state index contributed by atoms with van der Waals surface area (Å²) in [7, 11) is 5.81. The number of nitrogens with zero attached hydrogens (tertiary/aromatic N) is 4. The summed E-state index contributed by atoms with van der Waals surface area (Å²) in [6, 6.07) is 16.0. The minimum atomic E-state index is -0.00608. The van der Waals surface area contributed by atoms with E-state index in [9.17, 15) is 4.79 Å². The smallest absolute Gasteiger partial charge is 0.270 e. The lowest BCUT2D eigenvalue weighted by Crippen LogP contribution is -2.28. The van der Waals surface area contributed by atoms with Crippen LogP contribution in [0.15, 0.2) is 54.7 Å². The second-order valence-corrected chi connectivity index (χ2v) is 6.38. The highest BCUT2D eigenvalue weighted by Crippen LogP contribution is 2.30. The Bertz CT molecular complexity index is 1080. The van der Waals surface area contributed by atoms with Crippen LogP contribution in [0, 0.1) is 0 Å². The lowest BCUT2D eigenvalue weighted by atomic mass is 10.2. The molecule has 0 atom stereocenters. The minimum Gasteiger partial charge on any atom is -0.342 e. The third kappa shape index (κ3) is 2.39. The van der Waals surface area contributed by atoms with Crippen molar-refractivity contribution in [2.24, 2.45) is 14.1 Å². The van der Waals surface area contributed by atoms with Crippen molar-refractivity contribution in [2.75, 3.05) is 7.05 Å². The summed E-state index contributed by atoms with van der Waals surface area (Å²) >= 11 is 0. The van der Waals surface area contributed by atoms with E-state index >= 15 is 0 Å². The van der Waals surface area contributed by atoms with Crippen molar-refractivity contribution in [3.05, 3.63) is 66.1 Å². The van der Waals surface area contributed by atoms with Gasteiger partial charge in [0.2, 0.25) is 0 Å². The maximum Gasteiger partial charge on any atom is 0.270 e. The van der Waals surface area contributed by atoms with Gasteiger partial charge in [-0.3, -0.25) is 9.78 Å². The molecule has 0 spiro atoms. The van der Waals surface area contributed by atoms with Crippen LogP contribution in [0.2, 0.25) is 0 Å². The number of benzene rings is 1. The van der Waals surface area contributed by atoms with Gasteiger partial charge in [-0.1, -0.05) is 24.3 Å². The molecule has 0 fully saturated rings. The van der Waals surface area contributed by atoms with E-state index in [0.717, 1.165) is 22.1 Å². The van der Waals surface area contributed by atoms with Crippen LogP contribution in [-0.4, -0.2) is 32.0 Å². The first-order chi connectivity index (χ1) is 12.1. The number of para-hydroxylation sites is 1. The van der Waals surface area contributed by atoms with Crippen molar-refractivity contribution < 1.29 is 4.79 Å². The van der Waals surface area contributed by atoms with E-state index < -0.39 is 0 Å². The number of rotatable bonds is 3. The average molecular weight is 332 g/mol. The molecule has 3 heterocycles. The number of carbonyl (C=O) groups excluding carboxylic acids is 1. The molecular formula is C20H20N4O. The van der Waals surface area contributed by atoms with E-state index in [-0.39, 0.29) is 5.91 Å². The fourth-order valence-electron chi connectivity index (χ4n) is 3.46. The summed E-state index contributed by atoms with van der Waals surface area (Å²) in [6.07, 6.45) is 1.75. The topological polar surface area (TPSA) is 43.1 Å². The van der Waals surface area contributed by atoms with E-state index in [4.69, 9.17) is 0 Å². The monoisotopic (exact) mass is 332 g/mol. The third-order valence-corrected chi connectivity index (χ3v) is 4.79. The Hall–Kier alpha value is -3.08. The normalized spacial score (nSPS) is 11.3. The molecule has 0 saturated heterocycles. The molecule has 0 saturated carbocycles. The molecular weight excluding hydrogens is 312 g/mol. The van der Waals surface area contributed by atoms with Crippen molar-refractivity contribution in [1.29, 1.82) is 0 Å². The number of carbonyl (C=O) groups is 1. The van der Waals surface area contributed by atoms with Gasteiger partial charge in [-0.25, -0.2) is 0 Å². The lowest BCUT2D eigenvalue weighted by molar-refractivity contribution is 0.0774. The van der Waals surface area contributed by atoms with Crippen molar-refractivity contribution in [2.45, 2.75) is 6.54 Å². The largest absolute Gasteiger partial charge is 0.342 e. The first-order valence-corrected chi connectivity index (χ1v) is 8.26. The maximum absolute atomic E-state index is 13.0. The Labute approximate surface area is 146 Å². The molecule has 0 aliphatic carbocycles. The Balaban J connectivity index is 1.75. The molecule has 4 rings (SSSR count). The summed E-state index contributed by atoms with van der Waals surface area (Å²) in [5.41, 5.74) is 4.89. The molecule has 1 amide bonds. The number of fused-ring (bicyclic) bond motifs is 3. The van der Waals surface area contributed by atoms with Gasteiger partial charge >= 0.3 is 0 Å². The molecule has 1 aromatic carbocycles. The molecule has 25 heavy (non-hydrogen) atoms. The van der Waals surface area contributed by atoms with Crippen LogP contribution < -0.4 is 0 Å². The number of aryl methyl sites for hydroxylation is 2. The van der Waals surface area contributed by atoms with Crippen LogP contribution in [0.4, 0.5) is 0 Å². The predicted octanol–water partition coefficient (Wildman–Crippen LogP) is 3.34. The van der Waals surface area contributed by atoms with E-state index in [2.05, 4.69) is 21.7 Å². The molecule has 0 unspecified atom stereocenters. The van der Waals surface area contributed by atoms with Gasteiger partial charge in [-0.15, -0.1) is 0 Å². The van der Waals surface area contributed by atoms with Gasteiger partial charge in [-0.2, -0.15) is 0 Å². The highest BCUT2D eigenvalue weighted by atomic mass is 16.2. The van der Waals surface area contributed by atoms with Gasteiger partial charge in [0.1, 0.15) is 5.69 Å². The summed E-state index contributed by atoms with van der Waals surface area (Å²) in [6.45, 7) is 0.488. The maximum atomic E-state index is 13.0. The summed E-state index contributed by atoms with van der Waals surface area (Å²) in [5, 5.41) is 1.16. The Morgan fingerprint density at radius 1 is 1.04 bits per heavy atom. The van der Waals surface area contributed by atoms with Crippen LogP contribution in [0.5, 0.6) is 0 Å². The predicted molar refractivity (Wildman–Crippen MR) is 99.4 cm³/mol. The first kappa shape index (κ1) is 15.4. The van der Waals surface area contributed by atoms with Crippen LogP contribution in [0.25, 0.3) is 21.9 Å². The van der Waals surface area contributed by atoms with Crippen LogP contribution >= 0.6 is 0 Å². The van der Waals surface area contributed by atoms with Crippen molar-refractivity contribution in [3.63, 3.8) is 0 Å². The van der Waals surface area contributed by atoms with E-state index in [1.165, 1.54) is 5.52 Å². The Morgan fingerprint density at radius 2 is 1.80 bits per heavy atom. The molecule has 0 radical (unpaired) electrons. The molecule has 4 aromatic rings. The quantitative estimate of drug-likeness (QED) is 0.577. The number of hydrogen-bond donors (Lipinski definition) is 0. The highest BCUT2D eigenvalue weighted by molar-refractivity contribution is 6.10. The SMILES string of the molecule is CN(Cc1ccccn1)C(=O)c1cc2c(c3ccccc3n2C)n1C. The van der Waals surface area contributed by atoms with Crippen LogP contribution in [0.3, 0.4) is 0 Å². The number of pyridine rings is 1. The second-order valence-electron chi connectivity index (χ2n) is 6.38. The summed E-state index contributed by atoms with van der Waals surface area (Å²) in [4.78, 5) is 19.0. The molecule has 0 N–H and O–H groups in total. The standard InChI is InChI=1S/C20H20N4O/c1-22(13-14-8-6-7-11-21-14)20(25)18-12-17-19(24(18)3)15-9-4-5-10-16(15)23(17)2/h4-12H,13H2,1-3H3. The fourth-order valence-corrected chi connectivity index (χ4v) is 3.46. The van der Waals surface area contributed by atoms with Gasteiger partial charge in [0.25, 0.3) is 5.91 Å². The van der Waals surface area contributed by atoms with Gasteiger partial charge in [0.05, 0.1) is 28.8 Å². The molecule has 3 aromatic heterocycles. The van der Waals surface area contributed by atoms with Gasteiger partial charge in [0, 0.05) is 32.7 Å². The number of aromatic nitrogens is 3. The van der Waals surface area contributed by atoms with E-state index in [1.54, 1.807) is 11.1 Å². The lowest BCUT2D eigenvalue weighted by Gasteiger charge is -2.17. The third-order valence-electron chi connectivity index (χ3n) is 4.79. The Morgan fingerprint density at radius 3 is 2.56 bits per heavy atom.